The minimum absolute atomic E-state index is 0.228. The Morgan fingerprint density at radius 2 is 2.39 bits per heavy atom. The highest BCUT2D eigenvalue weighted by Crippen LogP contribution is 2.17. The van der Waals surface area contributed by atoms with Crippen molar-refractivity contribution >= 4 is 5.91 Å². The summed E-state index contributed by atoms with van der Waals surface area (Å²) >= 11 is 0. The summed E-state index contributed by atoms with van der Waals surface area (Å²) in [6.07, 6.45) is 6.41. The third-order valence-electron chi connectivity index (χ3n) is 3.74. The Balaban J connectivity index is 1.89. The van der Waals surface area contributed by atoms with E-state index >= 15 is 0 Å². The molecule has 1 aromatic rings. The number of aryl methyl sites for hydroxylation is 2. The lowest BCUT2D eigenvalue weighted by atomic mass is 10.0. The molecule has 0 radical (unpaired) electrons. The van der Waals surface area contributed by atoms with Gasteiger partial charge in [-0.1, -0.05) is 0 Å². The molecule has 2 rings (SSSR count). The van der Waals surface area contributed by atoms with Gasteiger partial charge in [0.1, 0.15) is 0 Å². The molecule has 1 saturated heterocycles. The first kappa shape index (κ1) is 13.1. The van der Waals surface area contributed by atoms with Crippen LogP contribution in [0.1, 0.15) is 31.4 Å². The second kappa shape index (κ2) is 6.00. The first-order chi connectivity index (χ1) is 8.72. The average Bonchev–Trinajstić information content (AvgIpc) is 2.81. The number of amides is 1. The number of likely N-dealkylation sites (tertiary alicyclic amines) is 1. The molecule has 0 spiro atoms. The van der Waals surface area contributed by atoms with E-state index in [9.17, 15) is 4.79 Å². The van der Waals surface area contributed by atoms with E-state index in [1.165, 1.54) is 6.42 Å². The van der Waals surface area contributed by atoms with Crippen molar-refractivity contribution in [2.45, 2.75) is 38.1 Å². The number of hydrogen-bond acceptors (Lipinski definition) is 3. The maximum atomic E-state index is 12.2. The zero-order chi connectivity index (χ0) is 13.0. The quantitative estimate of drug-likeness (QED) is 0.855. The van der Waals surface area contributed by atoms with E-state index in [2.05, 4.69) is 5.10 Å². The molecule has 0 unspecified atom stereocenters. The van der Waals surface area contributed by atoms with Crippen molar-refractivity contribution in [1.82, 2.24) is 14.7 Å². The summed E-state index contributed by atoms with van der Waals surface area (Å²) in [5.74, 6) is 0.228. The van der Waals surface area contributed by atoms with E-state index in [0.717, 1.165) is 31.5 Å². The van der Waals surface area contributed by atoms with Crippen molar-refractivity contribution in [1.29, 1.82) is 0 Å². The predicted molar refractivity (Wildman–Crippen MR) is 69.9 cm³/mol. The number of carbonyl (C=O) groups excluding carboxylic acids is 1. The second-order valence-electron chi connectivity index (χ2n) is 4.92. The van der Waals surface area contributed by atoms with Gasteiger partial charge in [0.25, 0.3) is 0 Å². The lowest BCUT2D eigenvalue weighted by Crippen LogP contribution is -2.47. The Hall–Kier alpha value is -1.36. The topological polar surface area (TPSA) is 64.2 Å². The fourth-order valence-corrected chi connectivity index (χ4v) is 2.60. The molecule has 1 aliphatic heterocycles. The summed E-state index contributed by atoms with van der Waals surface area (Å²) in [7, 11) is 1.91. The summed E-state index contributed by atoms with van der Waals surface area (Å²) in [4.78, 5) is 14.2. The Kier molecular flexibility index (Phi) is 4.36. The first-order valence-corrected chi connectivity index (χ1v) is 6.69. The van der Waals surface area contributed by atoms with E-state index in [1.54, 1.807) is 6.20 Å². The molecular formula is C13H22N4O. The number of nitrogens with two attached hydrogens (primary N) is 1. The molecule has 2 N–H and O–H groups in total. The van der Waals surface area contributed by atoms with Crippen LogP contribution < -0.4 is 5.73 Å². The summed E-state index contributed by atoms with van der Waals surface area (Å²) in [6, 6.07) is 2.21. The SMILES string of the molecule is Cn1nccc1CCC(=O)N1CCCC[C@@H]1CN. The standard InChI is InChI=1S/C13H22N4O/c1-16-11(7-8-15-16)5-6-13(18)17-9-3-2-4-12(17)10-14/h7-8,12H,2-6,9-10,14H2,1H3/t12-/m1/s1. The smallest absolute Gasteiger partial charge is 0.223 e. The van der Waals surface area contributed by atoms with Gasteiger partial charge in [0.2, 0.25) is 5.91 Å². The van der Waals surface area contributed by atoms with Crippen LogP contribution in [-0.2, 0) is 18.3 Å². The molecule has 5 nitrogen and oxygen atoms in total. The van der Waals surface area contributed by atoms with Crippen molar-refractivity contribution in [3.8, 4) is 0 Å². The summed E-state index contributed by atoms with van der Waals surface area (Å²) in [5.41, 5.74) is 6.84. The average molecular weight is 250 g/mol. The van der Waals surface area contributed by atoms with Crippen LogP contribution in [0.5, 0.6) is 0 Å². The lowest BCUT2D eigenvalue weighted by Gasteiger charge is -2.35. The Morgan fingerprint density at radius 1 is 1.56 bits per heavy atom. The Bertz CT molecular complexity index is 401. The molecule has 1 atom stereocenters. The van der Waals surface area contributed by atoms with Gasteiger partial charge in [0, 0.05) is 44.5 Å². The molecule has 1 fully saturated rings. The highest BCUT2D eigenvalue weighted by Gasteiger charge is 2.25. The van der Waals surface area contributed by atoms with Crippen LogP contribution in [0.4, 0.5) is 0 Å². The van der Waals surface area contributed by atoms with Crippen LogP contribution in [0.15, 0.2) is 12.3 Å². The van der Waals surface area contributed by atoms with Crippen molar-refractivity contribution in [3.63, 3.8) is 0 Å². The molecule has 0 saturated carbocycles. The third-order valence-corrected chi connectivity index (χ3v) is 3.74. The Morgan fingerprint density at radius 3 is 3.06 bits per heavy atom. The maximum Gasteiger partial charge on any atom is 0.223 e. The number of hydrogen-bond donors (Lipinski definition) is 1. The maximum absolute atomic E-state index is 12.2. The van der Waals surface area contributed by atoms with Crippen LogP contribution >= 0.6 is 0 Å². The van der Waals surface area contributed by atoms with Crippen molar-refractivity contribution in [3.05, 3.63) is 18.0 Å². The van der Waals surface area contributed by atoms with Crippen molar-refractivity contribution in [2.24, 2.45) is 12.8 Å². The van der Waals surface area contributed by atoms with Gasteiger partial charge in [-0.15, -0.1) is 0 Å². The van der Waals surface area contributed by atoms with Gasteiger partial charge < -0.3 is 10.6 Å². The van der Waals surface area contributed by atoms with Gasteiger partial charge in [0.05, 0.1) is 0 Å². The minimum Gasteiger partial charge on any atom is -0.338 e. The van der Waals surface area contributed by atoms with Crippen molar-refractivity contribution < 1.29 is 4.79 Å². The van der Waals surface area contributed by atoms with Crippen LogP contribution in [-0.4, -0.2) is 39.7 Å². The molecule has 1 aliphatic rings. The fourth-order valence-electron chi connectivity index (χ4n) is 2.60. The normalized spacial score (nSPS) is 20.1. The van der Waals surface area contributed by atoms with E-state index in [4.69, 9.17) is 5.73 Å². The minimum atomic E-state index is 0.228. The number of rotatable bonds is 4. The van der Waals surface area contributed by atoms with E-state index < -0.39 is 0 Å². The van der Waals surface area contributed by atoms with Gasteiger partial charge in [-0.2, -0.15) is 5.10 Å². The van der Waals surface area contributed by atoms with Crippen LogP contribution in [0.3, 0.4) is 0 Å². The number of piperidine rings is 1. The summed E-state index contributed by atoms with van der Waals surface area (Å²) < 4.78 is 1.82. The van der Waals surface area contributed by atoms with E-state index in [-0.39, 0.29) is 11.9 Å². The lowest BCUT2D eigenvalue weighted by molar-refractivity contribution is -0.134. The molecule has 5 heteroatoms. The predicted octanol–water partition coefficient (Wildman–Crippen LogP) is 0.693. The molecule has 18 heavy (non-hydrogen) atoms. The molecule has 100 valence electrons. The zero-order valence-electron chi connectivity index (χ0n) is 11.0. The summed E-state index contributed by atoms with van der Waals surface area (Å²) in [5, 5.41) is 4.11. The van der Waals surface area contributed by atoms with Gasteiger partial charge >= 0.3 is 0 Å². The van der Waals surface area contributed by atoms with Crippen LogP contribution in [0.2, 0.25) is 0 Å². The van der Waals surface area contributed by atoms with E-state index in [1.807, 2.05) is 22.7 Å². The highest BCUT2D eigenvalue weighted by molar-refractivity contribution is 5.76. The number of carbonyl (C=O) groups is 1. The van der Waals surface area contributed by atoms with E-state index in [0.29, 0.717) is 13.0 Å². The molecule has 0 aliphatic carbocycles. The van der Waals surface area contributed by atoms with Gasteiger partial charge in [-0.25, -0.2) is 0 Å². The zero-order valence-corrected chi connectivity index (χ0v) is 11.0. The molecule has 2 heterocycles. The highest BCUT2D eigenvalue weighted by atomic mass is 16.2. The second-order valence-corrected chi connectivity index (χ2v) is 4.92. The summed E-state index contributed by atoms with van der Waals surface area (Å²) in [6.45, 7) is 1.45. The molecular weight excluding hydrogens is 228 g/mol. The van der Waals surface area contributed by atoms with Crippen molar-refractivity contribution in [2.75, 3.05) is 13.1 Å². The van der Waals surface area contributed by atoms with Gasteiger partial charge in [-0.3, -0.25) is 9.48 Å². The largest absolute Gasteiger partial charge is 0.338 e. The number of nitrogens with zero attached hydrogens (tertiary/aromatic N) is 3. The monoisotopic (exact) mass is 250 g/mol. The first-order valence-electron chi connectivity index (χ1n) is 6.69. The molecule has 1 amide bonds. The molecule has 1 aromatic heterocycles. The molecule has 0 bridgehead atoms. The fraction of sp³-hybridized carbons (Fsp3) is 0.692. The number of aromatic nitrogens is 2. The third kappa shape index (κ3) is 2.90. The van der Waals surface area contributed by atoms with Gasteiger partial charge in [0.15, 0.2) is 0 Å². The van der Waals surface area contributed by atoms with Gasteiger partial charge in [-0.05, 0) is 31.7 Å². The Labute approximate surface area is 108 Å². The molecule has 0 aromatic carbocycles. The van der Waals surface area contributed by atoms with Crippen LogP contribution in [0, 0.1) is 0 Å². The van der Waals surface area contributed by atoms with Crippen LogP contribution in [0.25, 0.3) is 0 Å².